The third-order valence-electron chi connectivity index (χ3n) is 2.21. The lowest BCUT2D eigenvalue weighted by molar-refractivity contribution is 0.235. The number of benzene rings is 1. The van der Waals surface area contributed by atoms with E-state index in [1.165, 1.54) is 6.07 Å². The van der Waals surface area contributed by atoms with Crippen molar-refractivity contribution < 1.29 is 13.6 Å². The first-order valence-electron chi connectivity index (χ1n) is 5.42. The topological polar surface area (TPSA) is 41.1 Å². The Morgan fingerprint density at radius 3 is 2.29 bits per heavy atom. The van der Waals surface area contributed by atoms with E-state index in [1.807, 2.05) is 13.8 Å². The van der Waals surface area contributed by atoms with Gasteiger partial charge in [0.15, 0.2) is 11.6 Å². The summed E-state index contributed by atoms with van der Waals surface area (Å²) in [4.78, 5) is 11.4. The largest absolute Gasteiger partial charge is 0.336 e. The van der Waals surface area contributed by atoms with Gasteiger partial charge >= 0.3 is 6.03 Å². The zero-order valence-corrected chi connectivity index (χ0v) is 10.1. The number of carbonyl (C=O) groups excluding carboxylic acids is 1. The first-order chi connectivity index (χ1) is 7.90. The lowest BCUT2D eigenvalue weighted by Crippen LogP contribution is -2.40. The summed E-state index contributed by atoms with van der Waals surface area (Å²) in [6.45, 7) is 5.37. The van der Waals surface area contributed by atoms with Gasteiger partial charge in [-0.2, -0.15) is 0 Å². The lowest BCUT2D eigenvalue weighted by Gasteiger charge is -2.16. The van der Waals surface area contributed by atoms with Crippen molar-refractivity contribution in [2.24, 2.45) is 0 Å². The van der Waals surface area contributed by atoms with Gasteiger partial charge in [-0.15, -0.1) is 0 Å². The Labute approximate surface area is 99.2 Å². The predicted molar refractivity (Wildman–Crippen MR) is 61.6 cm³/mol. The van der Waals surface area contributed by atoms with E-state index in [0.29, 0.717) is 5.56 Å². The molecular weight excluding hydrogens is 226 g/mol. The van der Waals surface area contributed by atoms with Crippen molar-refractivity contribution in [2.45, 2.75) is 32.9 Å². The summed E-state index contributed by atoms with van der Waals surface area (Å²) in [5, 5.41) is 5.29. The molecule has 0 aliphatic rings. The highest BCUT2D eigenvalue weighted by molar-refractivity contribution is 5.74. The fourth-order valence-corrected chi connectivity index (χ4v) is 1.37. The van der Waals surface area contributed by atoms with Gasteiger partial charge in [0.05, 0.1) is 6.04 Å². The van der Waals surface area contributed by atoms with Gasteiger partial charge in [-0.25, -0.2) is 13.6 Å². The van der Waals surface area contributed by atoms with E-state index in [0.717, 1.165) is 12.1 Å². The van der Waals surface area contributed by atoms with Gasteiger partial charge in [0.1, 0.15) is 0 Å². The van der Waals surface area contributed by atoms with E-state index in [-0.39, 0.29) is 18.1 Å². The summed E-state index contributed by atoms with van der Waals surface area (Å²) in [7, 11) is 0. The van der Waals surface area contributed by atoms with E-state index < -0.39 is 11.6 Å². The normalized spacial score (nSPS) is 12.4. The molecule has 1 aromatic rings. The third-order valence-corrected chi connectivity index (χ3v) is 2.21. The van der Waals surface area contributed by atoms with Crippen LogP contribution in [0.2, 0.25) is 0 Å². The molecule has 2 amide bonds. The van der Waals surface area contributed by atoms with Gasteiger partial charge in [0.25, 0.3) is 0 Å². The number of urea groups is 1. The van der Waals surface area contributed by atoms with E-state index >= 15 is 0 Å². The molecule has 0 aliphatic heterocycles. The standard InChI is InChI=1S/C12H16F2N2O/c1-7(2)15-12(17)16-8(3)9-4-5-10(13)11(14)6-9/h4-8H,1-3H3,(H2,15,16,17). The third kappa shape index (κ3) is 4.01. The van der Waals surface area contributed by atoms with Crippen LogP contribution in [0.15, 0.2) is 18.2 Å². The zero-order valence-electron chi connectivity index (χ0n) is 10.1. The van der Waals surface area contributed by atoms with Crippen LogP contribution >= 0.6 is 0 Å². The van der Waals surface area contributed by atoms with Crippen LogP contribution in [0.4, 0.5) is 13.6 Å². The Bertz CT molecular complexity index is 407. The van der Waals surface area contributed by atoms with Gasteiger partial charge < -0.3 is 10.6 Å². The molecule has 0 aliphatic carbocycles. The molecule has 17 heavy (non-hydrogen) atoms. The van der Waals surface area contributed by atoms with Crippen LogP contribution in [0.3, 0.4) is 0 Å². The van der Waals surface area contributed by atoms with Crippen molar-refractivity contribution in [1.82, 2.24) is 10.6 Å². The van der Waals surface area contributed by atoms with Gasteiger partial charge in [-0.3, -0.25) is 0 Å². The average Bonchev–Trinajstić information content (AvgIpc) is 2.20. The predicted octanol–water partition coefficient (Wildman–Crippen LogP) is 2.73. The lowest BCUT2D eigenvalue weighted by atomic mass is 10.1. The summed E-state index contributed by atoms with van der Waals surface area (Å²) in [6.07, 6.45) is 0. The number of rotatable bonds is 3. The average molecular weight is 242 g/mol. The Morgan fingerprint density at radius 2 is 1.76 bits per heavy atom. The minimum Gasteiger partial charge on any atom is -0.336 e. The molecule has 0 bridgehead atoms. The second kappa shape index (κ2) is 5.61. The molecule has 0 fully saturated rings. The first kappa shape index (κ1) is 13.4. The second-order valence-corrected chi connectivity index (χ2v) is 4.17. The summed E-state index contributed by atoms with van der Waals surface area (Å²) in [6, 6.07) is 2.87. The molecule has 0 spiro atoms. The summed E-state index contributed by atoms with van der Waals surface area (Å²) in [5.41, 5.74) is 0.516. The number of nitrogens with one attached hydrogen (secondary N) is 2. The quantitative estimate of drug-likeness (QED) is 0.840. The maximum absolute atomic E-state index is 13.0. The molecule has 94 valence electrons. The molecule has 0 saturated heterocycles. The summed E-state index contributed by atoms with van der Waals surface area (Å²) < 4.78 is 25.7. The summed E-state index contributed by atoms with van der Waals surface area (Å²) >= 11 is 0. The van der Waals surface area contributed by atoms with Crippen molar-refractivity contribution in [3.8, 4) is 0 Å². The van der Waals surface area contributed by atoms with Crippen molar-refractivity contribution in [3.05, 3.63) is 35.4 Å². The van der Waals surface area contributed by atoms with Crippen LogP contribution in [0.25, 0.3) is 0 Å². The molecule has 1 unspecified atom stereocenters. The number of hydrogen-bond acceptors (Lipinski definition) is 1. The first-order valence-corrected chi connectivity index (χ1v) is 5.42. The van der Waals surface area contributed by atoms with E-state index in [1.54, 1.807) is 6.92 Å². The van der Waals surface area contributed by atoms with Gasteiger partial charge in [-0.05, 0) is 38.5 Å². The molecule has 1 aromatic carbocycles. The maximum atomic E-state index is 13.0. The van der Waals surface area contributed by atoms with E-state index in [9.17, 15) is 13.6 Å². The highest BCUT2D eigenvalue weighted by Crippen LogP contribution is 2.15. The van der Waals surface area contributed by atoms with Gasteiger partial charge in [0, 0.05) is 6.04 Å². The summed E-state index contributed by atoms with van der Waals surface area (Å²) in [5.74, 6) is -1.81. The van der Waals surface area contributed by atoms with Gasteiger partial charge in [-0.1, -0.05) is 6.07 Å². The highest BCUT2D eigenvalue weighted by Gasteiger charge is 2.12. The smallest absolute Gasteiger partial charge is 0.315 e. The zero-order chi connectivity index (χ0) is 13.0. The fraction of sp³-hybridized carbons (Fsp3) is 0.417. The molecule has 2 N–H and O–H groups in total. The van der Waals surface area contributed by atoms with Crippen LogP contribution in [0, 0.1) is 11.6 Å². The SMILES string of the molecule is CC(C)NC(=O)NC(C)c1ccc(F)c(F)c1. The minimum absolute atomic E-state index is 0.0205. The molecule has 5 heteroatoms. The Morgan fingerprint density at radius 1 is 1.12 bits per heavy atom. The molecule has 0 aromatic heterocycles. The van der Waals surface area contributed by atoms with Crippen LogP contribution < -0.4 is 10.6 Å². The molecule has 1 atom stereocenters. The van der Waals surface area contributed by atoms with E-state index in [2.05, 4.69) is 10.6 Å². The van der Waals surface area contributed by atoms with Crippen molar-refractivity contribution >= 4 is 6.03 Å². The minimum atomic E-state index is -0.916. The number of halogens is 2. The molecule has 1 rings (SSSR count). The van der Waals surface area contributed by atoms with Crippen LogP contribution in [0.5, 0.6) is 0 Å². The fourth-order valence-electron chi connectivity index (χ4n) is 1.37. The molecule has 3 nitrogen and oxygen atoms in total. The molecule has 0 heterocycles. The highest BCUT2D eigenvalue weighted by atomic mass is 19.2. The Kier molecular flexibility index (Phi) is 4.43. The van der Waals surface area contributed by atoms with Crippen LogP contribution in [0.1, 0.15) is 32.4 Å². The van der Waals surface area contributed by atoms with Crippen molar-refractivity contribution in [2.75, 3.05) is 0 Å². The van der Waals surface area contributed by atoms with Crippen LogP contribution in [-0.4, -0.2) is 12.1 Å². The van der Waals surface area contributed by atoms with E-state index in [4.69, 9.17) is 0 Å². The monoisotopic (exact) mass is 242 g/mol. The van der Waals surface area contributed by atoms with Crippen LogP contribution in [-0.2, 0) is 0 Å². The second-order valence-electron chi connectivity index (χ2n) is 4.17. The maximum Gasteiger partial charge on any atom is 0.315 e. The van der Waals surface area contributed by atoms with Gasteiger partial charge in [0.2, 0.25) is 0 Å². The molecule has 0 saturated carbocycles. The molecule has 0 radical (unpaired) electrons. The number of carbonyl (C=O) groups is 1. The Balaban J connectivity index is 2.66. The number of hydrogen-bond donors (Lipinski definition) is 2. The van der Waals surface area contributed by atoms with Crippen molar-refractivity contribution in [3.63, 3.8) is 0 Å². The number of amides is 2. The van der Waals surface area contributed by atoms with Crippen molar-refractivity contribution in [1.29, 1.82) is 0 Å². The molecular formula is C12H16F2N2O. The Hall–Kier alpha value is -1.65.